The van der Waals surface area contributed by atoms with E-state index >= 15 is 0 Å². The van der Waals surface area contributed by atoms with Crippen molar-refractivity contribution < 1.29 is 4.79 Å². The number of hydrogen-bond donors (Lipinski definition) is 2. The lowest BCUT2D eigenvalue weighted by atomic mass is 10.1. The van der Waals surface area contributed by atoms with Crippen molar-refractivity contribution in [2.45, 2.75) is 0 Å². The molecule has 6 heteroatoms. The minimum atomic E-state index is -0.276. The summed E-state index contributed by atoms with van der Waals surface area (Å²) >= 11 is 5.92. The minimum absolute atomic E-state index is 0.276. The molecule has 0 aliphatic rings. The van der Waals surface area contributed by atoms with E-state index in [4.69, 9.17) is 17.3 Å². The Labute approximate surface area is 138 Å². The topological polar surface area (TPSA) is 80.9 Å². The lowest BCUT2D eigenvalue weighted by Gasteiger charge is -2.11. The van der Waals surface area contributed by atoms with Crippen LogP contribution in [0.3, 0.4) is 0 Å². The Balaban J connectivity index is 1.92. The van der Waals surface area contributed by atoms with E-state index in [9.17, 15) is 4.79 Å². The van der Waals surface area contributed by atoms with E-state index in [0.717, 1.165) is 11.1 Å². The molecule has 23 heavy (non-hydrogen) atoms. The molecule has 1 amide bonds. The number of pyridine rings is 2. The standard InChI is InChI=1S/C17H13ClN4O/c18-13-3-1-11(2-4-13)14-6-7-20-10-15(14)22-17(23)12-5-8-21-16(19)9-12/h1-10H,(H2,19,21)(H,22,23). The Hall–Kier alpha value is -2.92. The fraction of sp³-hybridized carbons (Fsp3) is 0. The lowest BCUT2D eigenvalue weighted by Crippen LogP contribution is -2.13. The monoisotopic (exact) mass is 324 g/mol. The number of benzene rings is 1. The predicted octanol–water partition coefficient (Wildman–Crippen LogP) is 3.63. The number of amides is 1. The van der Waals surface area contributed by atoms with Crippen LogP contribution >= 0.6 is 11.6 Å². The molecule has 0 saturated heterocycles. The molecule has 0 saturated carbocycles. The van der Waals surface area contributed by atoms with Gasteiger partial charge in [0.2, 0.25) is 0 Å². The molecule has 0 radical (unpaired) electrons. The van der Waals surface area contributed by atoms with Crippen molar-refractivity contribution >= 4 is 29.0 Å². The molecule has 3 N–H and O–H groups in total. The van der Waals surface area contributed by atoms with E-state index in [1.54, 1.807) is 30.6 Å². The van der Waals surface area contributed by atoms with Crippen molar-refractivity contribution in [2.24, 2.45) is 0 Å². The number of halogens is 1. The first-order valence-electron chi connectivity index (χ1n) is 6.86. The number of rotatable bonds is 3. The highest BCUT2D eigenvalue weighted by atomic mass is 35.5. The van der Waals surface area contributed by atoms with Crippen LogP contribution in [0.2, 0.25) is 5.02 Å². The molecule has 2 heterocycles. The summed E-state index contributed by atoms with van der Waals surface area (Å²) in [6.45, 7) is 0. The summed E-state index contributed by atoms with van der Waals surface area (Å²) in [6.07, 6.45) is 4.77. The molecular formula is C17H13ClN4O. The molecule has 0 aliphatic heterocycles. The van der Waals surface area contributed by atoms with Gasteiger partial charge in [-0.2, -0.15) is 0 Å². The maximum absolute atomic E-state index is 12.4. The average Bonchev–Trinajstić information content (AvgIpc) is 2.56. The zero-order valence-electron chi connectivity index (χ0n) is 12.0. The first-order valence-corrected chi connectivity index (χ1v) is 7.24. The zero-order chi connectivity index (χ0) is 16.2. The first kappa shape index (κ1) is 15.0. The van der Waals surface area contributed by atoms with Gasteiger partial charge in [0.15, 0.2) is 0 Å². The summed E-state index contributed by atoms with van der Waals surface area (Å²) in [6, 6.07) is 12.3. The normalized spacial score (nSPS) is 10.3. The SMILES string of the molecule is Nc1cc(C(=O)Nc2cnccc2-c2ccc(Cl)cc2)ccn1. The van der Waals surface area contributed by atoms with Gasteiger partial charge in [-0.15, -0.1) is 0 Å². The molecule has 0 spiro atoms. The summed E-state index contributed by atoms with van der Waals surface area (Å²) in [5, 5.41) is 3.50. The van der Waals surface area contributed by atoms with E-state index in [2.05, 4.69) is 15.3 Å². The molecule has 114 valence electrons. The number of nitrogens with one attached hydrogen (secondary N) is 1. The van der Waals surface area contributed by atoms with Gasteiger partial charge >= 0.3 is 0 Å². The third kappa shape index (κ3) is 3.46. The van der Waals surface area contributed by atoms with E-state index in [0.29, 0.717) is 22.1 Å². The van der Waals surface area contributed by atoms with Gasteiger partial charge in [0.05, 0.1) is 11.9 Å². The third-order valence-corrected chi connectivity index (χ3v) is 3.52. The maximum Gasteiger partial charge on any atom is 0.255 e. The minimum Gasteiger partial charge on any atom is -0.384 e. The van der Waals surface area contributed by atoms with Gasteiger partial charge in [-0.1, -0.05) is 23.7 Å². The second-order valence-electron chi connectivity index (χ2n) is 4.85. The van der Waals surface area contributed by atoms with Crippen molar-refractivity contribution in [1.29, 1.82) is 0 Å². The van der Waals surface area contributed by atoms with Crippen LogP contribution in [0, 0.1) is 0 Å². The molecule has 1 aromatic carbocycles. The number of nitrogens with two attached hydrogens (primary N) is 1. The summed E-state index contributed by atoms with van der Waals surface area (Å²) in [5.74, 6) is 0.0177. The van der Waals surface area contributed by atoms with Gasteiger partial charge in [-0.3, -0.25) is 9.78 Å². The van der Waals surface area contributed by atoms with Crippen LogP contribution in [0.4, 0.5) is 11.5 Å². The van der Waals surface area contributed by atoms with Crippen LogP contribution in [0.25, 0.3) is 11.1 Å². The third-order valence-electron chi connectivity index (χ3n) is 3.27. The highest BCUT2D eigenvalue weighted by Gasteiger charge is 2.11. The number of carbonyl (C=O) groups excluding carboxylic acids is 1. The molecule has 0 bridgehead atoms. The van der Waals surface area contributed by atoms with Gasteiger partial charge in [0, 0.05) is 28.5 Å². The van der Waals surface area contributed by atoms with E-state index in [1.165, 1.54) is 12.3 Å². The Morgan fingerprint density at radius 1 is 1.09 bits per heavy atom. The summed E-state index contributed by atoms with van der Waals surface area (Å²) < 4.78 is 0. The second-order valence-corrected chi connectivity index (χ2v) is 5.29. The molecule has 2 aromatic heterocycles. The van der Waals surface area contributed by atoms with Crippen LogP contribution in [-0.2, 0) is 0 Å². The summed E-state index contributed by atoms with van der Waals surface area (Å²) in [7, 11) is 0. The van der Waals surface area contributed by atoms with E-state index in [1.807, 2.05) is 18.2 Å². The fourth-order valence-electron chi connectivity index (χ4n) is 2.16. The first-order chi connectivity index (χ1) is 11.1. The summed E-state index contributed by atoms with van der Waals surface area (Å²) in [4.78, 5) is 20.3. The average molecular weight is 325 g/mol. The number of aromatic nitrogens is 2. The van der Waals surface area contributed by atoms with Crippen molar-refractivity contribution in [2.75, 3.05) is 11.1 Å². The molecule has 3 aromatic rings. The second kappa shape index (κ2) is 6.46. The molecule has 5 nitrogen and oxygen atoms in total. The van der Waals surface area contributed by atoms with Gasteiger partial charge in [0.25, 0.3) is 5.91 Å². The van der Waals surface area contributed by atoms with Crippen molar-refractivity contribution in [3.8, 4) is 11.1 Å². The number of nitrogen functional groups attached to an aromatic ring is 1. The smallest absolute Gasteiger partial charge is 0.255 e. The van der Waals surface area contributed by atoms with Crippen LogP contribution in [0.1, 0.15) is 10.4 Å². The highest BCUT2D eigenvalue weighted by Crippen LogP contribution is 2.28. The van der Waals surface area contributed by atoms with Gasteiger partial charge in [0.1, 0.15) is 5.82 Å². The highest BCUT2D eigenvalue weighted by molar-refractivity contribution is 6.30. The van der Waals surface area contributed by atoms with Crippen LogP contribution < -0.4 is 11.1 Å². The van der Waals surface area contributed by atoms with Gasteiger partial charge in [-0.05, 0) is 35.9 Å². The Kier molecular flexibility index (Phi) is 4.21. The Morgan fingerprint density at radius 2 is 1.87 bits per heavy atom. The molecular weight excluding hydrogens is 312 g/mol. The van der Waals surface area contributed by atoms with Gasteiger partial charge in [-0.25, -0.2) is 4.98 Å². The Morgan fingerprint density at radius 3 is 2.61 bits per heavy atom. The molecule has 0 atom stereocenters. The van der Waals surface area contributed by atoms with Crippen molar-refractivity contribution in [3.05, 3.63) is 71.6 Å². The number of anilines is 2. The molecule has 3 rings (SSSR count). The van der Waals surface area contributed by atoms with Crippen LogP contribution in [0.15, 0.2) is 61.1 Å². The molecule has 0 aliphatic carbocycles. The number of hydrogen-bond acceptors (Lipinski definition) is 4. The zero-order valence-corrected chi connectivity index (χ0v) is 12.8. The fourth-order valence-corrected chi connectivity index (χ4v) is 2.29. The summed E-state index contributed by atoms with van der Waals surface area (Å²) in [5.41, 5.74) is 8.43. The maximum atomic E-state index is 12.4. The van der Waals surface area contributed by atoms with Crippen LogP contribution in [0.5, 0.6) is 0 Å². The quantitative estimate of drug-likeness (QED) is 0.770. The largest absolute Gasteiger partial charge is 0.384 e. The number of nitrogens with zero attached hydrogens (tertiary/aromatic N) is 2. The molecule has 0 fully saturated rings. The van der Waals surface area contributed by atoms with E-state index in [-0.39, 0.29) is 5.91 Å². The predicted molar refractivity (Wildman–Crippen MR) is 91.3 cm³/mol. The van der Waals surface area contributed by atoms with E-state index < -0.39 is 0 Å². The lowest BCUT2D eigenvalue weighted by molar-refractivity contribution is 0.102. The molecule has 0 unspecified atom stereocenters. The Bertz CT molecular complexity index is 849. The van der Waals surface area contributed by atoms with Crippen molar-refractivity contribution in [3.63, 3.8) is 0 Å². The van der Waals surface area contributed by atoms with Crippen LogP contribution in [-0.4, -0.2) is 15.9 Å². The van der Waals surface area contributed by atoms with Crippen molar-refractivity contribution in [1.82, 2.24) is 9.97 Å². The number of carbonyl (C=O) groups is 1. The van der Waals surface area contributed by atoms with Gasteiger partial charge < -0.3 is 11.1 Å².